The quantitative estimate of drug-likeness (QED) is 0.354. The van der Waals surface area contributed by atoms with Crippen LogP contribution in [0.25, 0.3) is 11.3 Å². The summed E-state index contributed by atoms with van der Waals surface area (Å²) in [5.41, 5.74) is 6.17. The highest BCUT2D eigenvalue weighted by Crippen LogP contribution is 2.23. The Kier molecular flexibility index (Phi) is 6.43. The van der Waals surface area contributed by atoms with E-state index in [-0.39, 0.29) is 23.1 Å². The minimum Gasteiger partial charge on any atom is -0.384 e. The largest absolute Gasteiger partial charge is 0.384 e. The van der Waals surface area contributed by atoms with E-state index in [1.54, 1.807) is 6.20 Å². The number of nitrogen functional groups attached to an aromatic ring is 1. The Morgan fingerprint density at radius 3 is 2.59 bits per heavy atom. The minimum absolute atomic E-state index is 0.0412. The maximum Gasteiger partial charge on any atom is 0.329 e. The molecule has 2 heterocycles. The molecule has 3 aromatic rings. The number of hydrogen-bond donors (Lipinski definition) is 3. The summed E-state index contributed by atoms with van der Waals surface area (Å²) in [4.78, 5) is 46.4. The van der Waals surface area contributed by atoms with Crippen LogP contribution in [0.1, 0.15) is 24.2 Å². The summed E-state index contributed by atoms with van der Waals surface area (Å²) in [5.74, 6) is -0.486. The molecular formula is C19H20BrN5O3S. The second-order valence-electron chi connectivity index (χ2n) is 6.84. The van der Waals surface area contributed by atoms with Crippen molar-refractivity contribution in [3.63, 3.8) is 0 Å². The van der Waals surface area contributed by atoms with E-state index < -0.39 is 17.0 Å². The van der Waals surface area contributed by atoms with Crippen LogP contribution in [0.3, 0.4) is 0 Å². The maximum absolute atomic E-state index is 12.6. The van der Waals surface area contributed by atoms with Crippen LogP contribution in [0, 0.1) is 5.92 Å². The zero-order valence-corrected chi connectivity index (χ0v) is 18.3. The highest BCUT2D eigenvalue weighted by Gasteiger charge is 2.20. The fourth-order valence-electron chi connectivity index (χ4n) is 2.76. The summed E-state index contributed by atoms with van der Waals surface area (Å²) in [6.07, 6.45) is 1.68. The van der Waals surface area contributed by atoms with E-state index >= 15 is 0 Å². The van der Waals surface area contributed by atoms with Gasteiger partial charge in [0.05, 0.1) is 17.6 Å². The molecule has 152 valence electrons. The van der Waals surface area contributed by atoms with Crippen molar-refractivity contribution >= 4 is 39.3 Å². The van der Waals surface area contributed by atoms with Gasteiger partial charge in [0, 0.05) is 11.0 Å². The van der Waals surface area contributed by atoms with Crippen molar-refractivity contribution in [1.82, 2.24) is 19.5 Å². The molecular weight excluding hydrogens is 458 g/mol. The van der Waals surface area contributed by atoms with E-state index in [1.807, 2.05) is 38.1 Å². The van der Waals surface area contributed by atoms with Gasteiger partial charge in [-0.15, -0.1) is 0 Å². The van der Waals surface area contributed by atoms with Crippen molar-refractivity contribution in [3.05, 3.63) is 61.3 Å². The number of aromatic amines is 2. The molecule has 0 radical (unpaired) electrons. The van der Waals surface area contributed by atoms with Crippen molar-refractivity contribution in [2.45, 2.75) is 25.5 Å². The lowest BCUT2D eigenvalue weighted by atomic mass is 10.2. The monoisotopic (exact) mass is 477 g/mol. The number of nitrogens with zero attached hydrogens (tertiary/aromatic N) is 2. The first-order valence-corrected chi connectivity index (χ1v) is 10.6. The van der Waals surface area contributed by atoms with Gasteiger partial charge >= 0.3 is 5.69 Å². The van der Waals surface area contributed by atoms with E-state index in [2.05, 4.69) is 30.9 Å². The molecule has 1 aromatic carbocycles. The Hall–Kier alpha value is -2.59. The molecule has 0 saturated carbocycles. The number of thioether (sulfide) groups is 1. The van der Waals surface area contributed by atoms with Crippen molar-refractivity contribution in [2.24, 2.45) is 5.92 Å². The predicted octanol–water partition coefficient (Wildman–Crippen LogP) is 2.90. The number of ketones is 1. The van der Waals surface area contributed by atoms with Gasteiger partial charge in [0.25, 0.3) is 5.56 Å². The number of carbonyl (C=O) groups is 1. The molecule has 2 aromatic heterocycles. The van der Waals surface area contributed by atoms with Gasteiger partial charge in [0.2, 0.25) is 0 Å². The third-order valence-corrected chi connectivity index (χ3v) is 5.53. The van der Waals surface area contributed by atoms with Crippen molar-refractivity contribution in [1.29, 1.82) is 0 Å². The molecule has 0 spiro atoms. The number of nitrogens with one attached hydrogen (secondary N) is 2. The lowest BCUT2D eigenvalue weighted by Gasteiger charge is -2.13. The van der Waals surface area contributed by atoms with Crippen LogP contribution in [-0.4, -0.2) is 31.1 Å². The maximum atomic E-state index is 12.6. The van der Waals surface area contributed by atoms with Gasteiger partial charge in [-0.05, 0) is 23.6 Å². The van der Waals surface area contributed by atoms with Gasteiger partial charge in [-0.1, -0.05) is 53.7 Å². The molecule has 0 atom stereocenters. The normalized spacial score (nSPS) is 11.2. The Bertz CT molecular complexity index is 1150. The average Bonchev–Trinajstić information content (AvgIpc) is 3.13. The van der Waals surface area contributed by atoms with Crippen LogP contribution in [-0.2, 0) is 6.54 Å². The highest BCUT2D eigenvalue weighted by molar-refractivity contribution is 9.10. The van der Waals surface area contributed by atoms with Gasteiger partial charge in [-0.3, -0.25) is 19.1 Å². The SMILES string of the molecule is CC(C)Cn1c(N)c(C(=O)CSc2ncc(-c3ccc(Br)cc3)[nH]2)c(=O)[nH]c1=O. The molecule has 0 aliphatic heterocycles. The average molecular weight is 478 g/mol. The number of anilines is 1. The van der Waals surface area contributed by atoms with Crippen LogP contribution in [0.5, 0.6) is 0 Å². The Labute approximate surface area is 179 Å². The lowest BCUT2D eigenvalue weighted by molar-refractivity contribution is 0.102. The molecule has 0 aliphatic rings. The third kappa shape index (κ3) is 4.88. The summed E-state index contributed by atoms with van der Waals surface area (Å²) < 4.78 is 2.20. The summed E-state index contributed by atoms with van der Waals surface area (Å²) in [7, 11) is 0. The fourth-order valence-corrected chi connectivity index (χ4v) is 3.75. The summed E-state index contributed by atoms with van der Waals surface area (Å²) in [6, 6.07) is 7.73. The fraction of sp³-hybridized carbons (Fsp3) is 0.263. The van der Waals surface area contributed by atoms with E-state index in [0.29, 0.717) is 11.7 Å². The molecule has 0 saturated heterocycles. The number of halogens is 1. The van der Waals surface area contributed by atoms with E-state index in [0.717, 1.165) is 27.5 Å². The van der Waals surface area contributed by atoms with Gasteiger partial charge in [0.15, 0.2) is 10.9 Å². The smallest absolute Gasteiger partial charge is 0.329 e. The first kappa shape index (κ1) is 21.1. The molecule has 0 amide bonds. The summed E-state index contributed by atoms with van der Waals surface area (Å²) in [6.45, 7) is 4.13. The van der Waals surface area contributed by atoms with Crippen LogP contribution in [0.15, 0.2) is 49.7 Å². The number of carbonyl (C=O) groups excluding carboxylic acids is 1. The molecule has 29 heavy (non-hydrogen) atoms. The van der Waals surface area contributed by atoms with Crippen LogP contribution < -0.4 is 17.0 Å². The Balaban J connectivity index is 1.77. The lowest BCUT2D eigenvalue weighted by Crippen LogP contribution is -2.37. The van der Waals surface area contributed by atoms with Crippen LogP contribution in [0.2, 0.25) is 0 Å². The molecule has 0 unspecified atom stereocenters. The van der Waals surface area contributed by atoms with Gasteiger partial charge in [-0.2, -0.15) is 0 Å². The Morgan fingerprint density at radius 1 is 1.24 bits per heavy atom. The zero-order chi connectivity index (χ0) is 21.1. The van der Waals surface area contributed by atoms with Gasteiger partial charge < -0.3 is 10.7 Å². The van der Waals surface area contributed by atoms with Gasteiger partial charge in [0.1, 0.15) is 11.4 Å². The minimum atomic E-state index is -0.770. The first-order chi connectivity index (χ1) is 13.8. The van der Waals surface area contributed by atoms with E-state index in [1.165, 1.54) is 4.57 Å². The molecule has 10 heteroatoms. The molecule has 8 nitrogen and oxygen atoms in total. The second-order valence-corrected chi connectivity index (χ2v) is 8.72. The summed E-state index contributed by atoms with van der Waals surface area (Å²) >= 11 is 4.56. The standard InChI is InChI=1S/C19H20BrN5O3S/c1-10(2)8-25-16(21)15(17(27)24-19(25)28)14(26)9-29-18-22-7-13(23-18)11-3-5-12(20)6-4-11/h3-7,10H,8-9,21H2,1-2H3,(H,22,23)(H,24,27,28). The molecule has 0 bridgehead atoms. The number of rotatable bonds is 7. The molecule has 3 rings (SSSR count). The number of imidazole rings is 1. The van der Waals surface area contributed by atoms with E-state index in [4.69, 9.17) is 5.73 Å². The number of hydrogen-bond acceptors (Lipinski definition) is 6. The molecule has 4 N–H and O–H groups in total. The number of benzene rings is 1. The first-order valence-electron chi connectivity index (χ1n) is 8.85. The van der Waals surface area contributed by atoms with Crippen LogP contribution in [0.4, 0.5) is 5.82 Å². The van der Waals surface area contributed by atoms with E-state index in [9.17, 15) is 14.4 Å². The second kappa shape index (κ2) is 8.83. The Morgan fingerprint density at radius 2 is 1.93 bits per heavy atom. The van der Waals surface area contributed by atoms with Crippen LogP contribution >= 0.6 is 27.7 Å². The number of aromatic nitrogens is 4. The molecule has 0 fully saturated rings. The zero-order valence-electron chi connectivity index (χ0n) is 15.9. The molecule has 0 aliphatic carbocycles. The van der Waals surface area contributed by atoms with Crippen molar-refractivity contribution in [3.8, 4) is 11.3 Å². The number of nitrogens with two attached hydrogens (primary N) is 1. The highest BCUT2D eigenvalue weighted by atomic mass is 79.9. The van der Waals surface area contributed by atoms with Gasteiger partial charge in [-0.25, -0.2) is 9.78 Å². The van der Waals surface area contributed by atoms with Crippen molar-refractivity contribution in [2.75, 3.05) is 11.5 Å². The third-order valence-electron chi connectivity index (χ3n) is 4.11. The summed E-state index contributed by atoms with van der Waals surface area (Å²) in [5, 5.41) is 0.543. The number of Topliss-reactive ketones (excluding diaryl/α,β-unsaturated/α-hetero) is 1. The predicted molar refractivity (Wildman–Crippen MR) is 117 cm³/mol. The number of H-pyrrole nitrogens is 2. The topological polar surface area (TPSA) is 127 Å². The van der Waals surface area contributed by atoms with Crippen molar-refractivity contribution < 1.29 is 4.79 Å².